The average Bonchev–Trinajstić information content (AvgIpc) is 2.61. The third-order valence-corrected chi connectivity index (χ3v) is 7.56. The maximum atomic E-state index is 13.0. The Hall–Kier alpha value is -1.69. The van der Waals surface area contributed by atoms with Gasteiger partial charge in [0, 0.05) is 32.7 Å². The lowest BCUT2D eigenvalue weighted by Gasteiger charge is -2.34. The summed E-state index contributed by atoms with van der Waals surface area (Å²) in [5.74, 6) is 0. The number of hydrogen-bond acceptors (Lipinski definition) is 3. The zero-order chi connectivity index (χ0) is 20.5. The molecule has 1 saturated heterocycles. The molecule has 3 rings (SSSR count). The summed E-state index contributed by atoms with van der Waals surface area (Å²) in [5, 5.41) is 0. The van der Waals surface area contributed by atoms with Gasteiger partial charge in [0.1, 0.15) is 0 Å². The van der Waals surface area contributed by atoms with Crippen LogP contribution in [0.2, 0.25) is 0 Å². The smallest absolute Gasteiger partial charge is 0.243 e. The van der Waals surface area contributed by atoms with Gasteiger partial charge < -0.3 is 0 Å². The van der Waals surface area contributed by atoms with Gasteiger partial charge in [-0.1, -0.05) is 62.7 Å². The van der Waals surface area contributed by atoms with Crippen molar-refractivity contribution in [2.24, 2.45) is 0 Å². The zero-order valence-electron chi connectivity index (χ0n) is 17.7. The first kappa shape index (κ1) is 21.0. The molecule has 152 valence electrons. The monoisotopic (exact) mass is 400 g/mol. The van der Waals surface area contributed by atoms with Gasteiger partial charge in [0.2, 0.25) is 10.0 Å². The van der Waals surface area contributed by atoms with Gasteiger partial charge in [0.05, 0.1) is 4.90 Å². The third-order valence-electron chi connectivity index (χ3n) is 5.51. The molecule has 1 aliphatic rings. The average molecular weight is 401 g/mol. The number of rotatable bonds is 4. The molecule has 28 heavy (non-hydrogen) atoms. The summed E-state index contributed by atoms with van der Waals surface area (Å²) in [6, 6.07) is 14.3. The fourth-order valence-corrected chi connectivity index (χ4v) is 5.35. The standard InChI is InChI=1S/C23H32N2O2S/c1-18-6-11-22(19(2)16-18)28(26,27)25-14-12-24(13-15-25)17-20-7-9-21(10-8-20)23(3,4)5/h6-11,16H,12-15,17H2,1-5H3. The Morgan fingerprint density at radius 2 is 1.50 bits per heavy atom. The highest BCUT2D eigenvalue weighted by Gasteiger charge is 2.29. The molecule has 0 spiro atoms. The van der Waals surface area contributed by atoms with Crippen molar-refractivity contribution in [3.8, 4) is 0 Å². The van der Waals surface area contributed by atoms with E-state index in [1.165, 1.54) is 11.1 Å². The number of hydrogen-bond donors (Lipinski definition) is 0. The number of piperazine rings is 1. The number of aryl methyl sites for hydroxylation is 2. The maximum Gasteiger partial charge on any atom is 0.243 e. The van der Waals surface area contributed by atoms with Gasteiger partial charge in [-0.3, -0.25) is 4.90 Å². The van der Waals surface area contributed by atoms with Gasteiger partial charge in [0.25, 0.3) is 0 Å². The summed E-state index contributed by atoms with van der Waals surface area (Å²) in [4.78, 5) is 2.77. The molecule has 5 heteroatoms. The van der Waals surface area contributed by atoms with E-state index < -0.39 is 10.0 Å². The SMILES string of the molecule is Cc1ccc(S(=O)(=O)N2CCN(Cc3ccc(C(C)(C)C)cc3)CC2)c(C)c1. The molecule has 1 heterocycles. The molecule has 1 aliphatic heterocycles. The first-order valence-electron chi connectivity index (χ1n) is 9.96. The molecule has 0 atom stereocenters. The predicted octanol–water partition coefficient (Wildman–Crippen LogP) is 4.11. The van der Waals surface area contributed by atoms with Gasteiger partial charge in [-0.25, -0.2) is 8.42 Å². The summed E-state index contributed by atoms with van der Waals surface area (Å²) in [6.45, 7) is 14.0. The van der Waals surface area contributed by atoms with Crippen LogP contribution in [0, 0.1) is 13.8 Å². The summed E-state index contributed by atoms with van der Waals surface area (Å²) in [5.41, 5.74) is 4.67. The lowest BCUT2D eigenvalue weighted by Crippen LogP contribution is -2.48. The van der Waals surface area contributed by atoms with E-state index in [0.29, 0.717) is 18.0 Å². The molecule has 0 bridgehead atoms. The van der Waals surface area contributed by atoms with Crippen LogP contribution in [-0.2, 0) is 22.0 Å². The summed E-state index contributed by atoms with van der Waals surface area (Å²) in [6.07, 6.45) is 0. The summed E-state index contributed by atoms with van der Waals surface area (Å²) < 4.78 is 27.7. The van der Waals surface area contributed by atoms with Crippen LogP contribution in [0.5, 0.6) is 0 Å². The van der Waals surface area contributed by atoms with Crippen LogP contribution in [0.1, 0.15) is 43.0 Å². The Balaban J connectivity index is 1.62. The minimum atomic E-state index is -3.42. The molecule has 4 nitrogen and oxygen atoms in total. The molecule has 0 saturated carbocycles. The van der Waals surface area contributed by atoms with Gasteiger partial charge >= 0.3 is 0 Å². The maximum absolute atomic E-state index is 13.0. The number of sulfonamides is 1. The minimum absolute atomic E-state index is 0.159. The Kier molecular flexibility index (Phi) is 5.99. The molecular weight excluding hydrogens is 368 g/mol. The molecule has 0 unspecified atom stereocenters. The normalized spacial score (nSPS) is 17.0. The van der Waals surface area contributed by atoms with Crippen molar-refractivity contribution >= 4 is 10.0 Å². The summed E-state index contributed by atoms with van der Waals surface area (Å²) >= 11 is 0. The van der Waals surface area contributed by atoms with Crippen LogP contribution in [0.15, 0.2) is 47.4 Å². The molecule has 1 fully saturated rings. The van der Waals surface area contributed by atoms with E-state index in [4.69, 9.17) is 0 Å². The van der Waals surface area contributed by atoms with E-state index in [1.54, 1.807) is 10.4 Å². The zero-order valence-corrected chi connectivity index (χ0v) is 18.5. The van der Waals surface area contributed by atoms with Gasteiger partial charge in [-0.15, -0.1) is 0 Å². The van der Waals surface area contributed by atoms with Crippen molar-refractivity contribution in [3.63, 3.8) is 0 Å². The Bertz CT molecular complexity index is 920. The van der Waals surface area contributed by atoms with E-state index in [0.717, 1.165) is 30.8 Å². The van der Waals surface area contributed by atoms with Crippen molar-refractivity contribution in [1.29, 1.82) is 0 Å². The van der Waals surface area contributed by atoms with Crippen molar-refractivity contribution in [2.75, 3.05) is 26.2 Å². The van der Waals surface area contributed by atoms with E-state index in [1.807, 2.05) is 26.0 Å². The predicted molar refractivity (Wildman–Crippen MR) is 115 cm³/mol. The fraction of sp³-hybridized carbons (Fsp3) is 0.478. The largest absolute Gasteiger partial charge is 0.296 e. The minimum Gasteiger partial charge on any atom is -0.296 e. The molecule has 2 aromatic carbocycles. The van der Waals surface area contributed by atoms with Crippen LogP contribution >= 0.6 is 0 Å². The Morgan fingerprint density at radius 1 is 0.893 bits per heavy atom. The quantitative estimate of drug-likeness (QED) is 0.776. The van der Waals surface area contributed by atoms with Gasteiger partial charge in [-0.05, 0) is 42.0 Å². The second-order valence-electron chi connectivity index (χ2n) is 8.90. The molecular formula is C23H32N2O2S. The summed E-state index contributed by atoms with van der Waals surface area (Å²) in [7, 11) is -3.42. The Labute approximate surface area is 170 Å². The second kappa shape index (κ2) is 7.97. The van der Waals surface area contributed by atoms with Crippen LogP contribution in [0.4, 0.5) is 0 Å². The fourth-order valence-electron chi connectivity index (χ4n) is 3.72. The third kappa shape index (κ3) is 4.65. The van der Waals surface area contributed by atoms with Crippen molar-refractivity contribution < 1.29 is 8.42 Å². The molecule has 0 aromatic heterocycles. The van der Waals surface area contributed by atoms with Crippen LogP contribution in [-0.4, -0.2) is 43.8 Å². The lowest BCUT2D eigenvalue weighted by molar-refractivity contribution is 0.181. The van der Waals surface area contributed by atoms with Crippen molar-refractivity contribution in [3.05, 3.63) is 64.7 Å². The second-order valence-corrected chi connectivity index (χ2v) is 10.8. The van der Waals surface area contributed by atoms with Crippen molar-refractivity contribution in [1.82, 2.24) is 9.21 Å². The molecule has 0 N–H and O–H groups in total. The van der Waals surface area contributed by atoms with Crippen LogP contribution in [0.25, 0.3) is 0 Å². The number of nitrogens with zero attached hydrogens (tertiary/aromatic N) is 2. The van der Waals surface area contributed by atoms with E-state index >= 15 is 0 Å². The van der Waals surface area contributed by atoms with Gasteiger partial charge in [-0.2, -0.15) is 4.31 Å². The lowest BCUT2D eigenvalue weighted by atomic mass is 9.87. The molecule has 0 aliphatic carbocycles. The van der Waals surface area contributed by atoms with E-state index in [9.17, 15) is 8.42 Å². The molecule has 0 amide bonds. The number of benzene rings is 2. The molecule has 2 aromatic rings. The van der Waals surface area contributed by atoms with E-state index in [-0.39, 0.29) is 5.41 Å². The first-order valence-corrected chi connectivity index (χ1v) is 11.4. The Morgan fingerprint density at radius 3 is 2.04 bits per heavy atom. The highest BCUT2D eigenvalue weighted by Crippen LogP contribution is 2.24. The van der Waals surface area contributed by atoms with Crippen LogP contribution in [0.3, 0.4) is 0 Å². The highest BCUT2D eigenvalue weighted by atomic mass is 32.2. The van der Waals surface area contributed by atoms with Crippen LogP contribution < -0.4 is 0 Å². The first-order chi connectivity index (χ1) is 13.1. The van der Waals surface area contributed by atoms with E-state index in [2.05, 4.69) is 49.9 Å². The molecule has 0 radical (unpaired) electrons. The highest BCUT2D eigenvalue weighted by molar-refractivity contribution is 7.89. The van der Waals surface area contributed by atoms with Crippen molar-refractivity contribution in [2.45, 2.75) is 51.5 Å². The topological polar surface area (TPSA) is 40.6 Å². The van der Waals surface area contributed by atoms with Gasteiger partial charge in [0.15, 0.2) is 0 Å².